The van der Waals surface area contributed by atoms with Gasteiger partial charge in [-0.3, -0.25) is 0 Å². The fourth-order valence-electron chi connectivity index (χ4n) is 2.20. The van der Waals surface area contributed by atoms with E-state index in [0.717, 1.165) is 19.4 Å². The van der Waals surface area contributed by atoms with Crippen LogP contribution in [0.3, 0.4) is 0 Å². The molecule has 96 valence electrons. The van der Waals surface area contributed by atoms with Gasteiger partial charge >= 0.3 is 0 Å². The summed E-state index contributed by atoms with van der Waals surface area (Å²) in [6.07, 6.45) is 2.12. The molecule has 1 aliphatic heterocycles. The van der Waals surface area contributed by atoms with E-state index in [-0.39, 0.29) is 11.4 Å². The maximum atomic E-state index is 13.6. The summed E-state index contributed by atoms with van der Waals surface area (Å²) in [6.45, 7) is 4.05. The van der Waals surface area contributed by atoms with Crippen molar-refractivity contribution in [3.05, 3.63) is 35.1 Å². The van der Waals surface area contributed by atoms with Gasteiger partial charge in [0.25, 0.3) is 0 Å². The summed E-state index contributed by atoms with van der Waals surface area (Å²) in [4.78, 5) is 0. The minimum absolute atomic E-state index is 0.122. The smallest absolute Gasteiger partial charge is 0.129 e. The molecule has 2 rings (SSSR count). The van der Waals surface area contributed by atoms with Crippen molar-refractivity contribution in [1.82, 2.24) is 5.32 Å². The van der Waals surface area contributed by atoms with Crippen LogP contribution in [0.5, 0.6) is 0 Å². The van der Waals surface area contributed by atoms with E-state index in [1.807, 2.05) is 6.07 Å². The van der Waals surface area contributed by atoms with Crippen molar-refractivity contribution in [1.29, 1.82) is 5.26 Å². The van der Waals surface area contributed by atoms with Crippen molar-refractivity contribution in [3.8, 4) is 6.07 Å². The van der Waals surface area contributed by atoms with Crippen LogP contribution < -0.4 is 5.32 Å². The molecule has 0 radical (unpaired) electrons. The average molecular weight is 248 g/mol. The largest absolute Gasteiger partial charge is 0.374 e. The van der Waals surface area contributed by atoms with Crippen LogP contribution in [0.2, 0.25) is 0 Å². The molecule has 4 heteroatoms. The molecule has 0 aromatic heterocycles. The molecule has 18 heavy (non-hydrogen) atoms. The first kappa shape index (κ1) is 13.0. The van der Waals surface area contributed by atoms with Crippen LogP contribution in [0.15, 0.2) is 18.2 Å². The zero-order valence-electron chi connectivity index (χ0n) is 10.5. The monoisotopic (exact) mass is 248 g/mol. The summed E-state index contributed by atoms with van der Waals surface area (Å²) in [5.41, 5.74) is 0.807. The van der Waals surface area contributed by atoms with Crippen molar-refractivity contribution < 1.29 is 9.13 Å². The number of hydrogen-bond donors (Lipinski definition) is 1. The third kappa shape index (κ3) is 3.06. The summed E-state index contributed by atoms with van der Waals surface area (Å²) in [7, 11) is 0. The molecule has 3 nitrogen and oxygen atoms in total. The molecule has 1 N–H and O–H groups in total. The minimum atomic E-state index is -0.334. The number of halogens is 1. The van der Waals surface area contributed by atoms with E-state index in [1.54, 1.807) is 12.1 Å². The van der Waals surface area contributed by atoms with Crippen LogP contribution in [-0.2, 0) is 11.3 Å². The van der Waals surface area contributed by atoms with E-state index in [1.165, 1.54) is 6.07 Å². The maximum absolute atomic E-state index is 13.6. The van der Waals surface area contributed by atoms with Gasteiger partial charge in [-0.15, -0.1) is 0 Å². The third-order valence-electron chi connectivity index (χ3n) is 3.30. The molecule has 1 aromatic rings. The molecule has 0 saturated carbocycles. The van der Waals surface area contributed by atoms with Crippen LogP contribution in [0, 0.1) is 17.1 Å². The van der Waals surface area contributed by atoms with Crippen LogP contribution in [0.25, 0.3) is 0 Å². The second-order valence-electron chi connectivity index (χ2n) is 4.92. The van der Waals surface area contributed by atoms with Crippen LogP contribution in [0.4, 0.5) is 4.39 Å². The Hall–Kier alpha value is -1.44. The summed E-state index contributed by atoms with van der Waals surface area (Å²) >= 11 is 0. The van der Waals surface area contributed by atoms with Gasteiger partial charge in [0.15, 0.2) is 0 Å². The summed E-state index contributed by atoms with van der Waals surface area (Å²) in [6, 6.07) is 6.47. The molecule has 1 aliphatic rings. The first-order chi connectivity index (χ1) is 8.63. The highest BCUT2D eigenvalue weighted by Crippen LogP contribution is 2.24. The second-order valence-corrected chi connectivity index (χ2v) is 4.92. The predicted octanol–water partition coefficient (Wildman–Crippen LogP) is 2.36. The van der Waals surface area contributed by atoms with E-state index in [0.29, 0.717) is 24.2 Å². The molecule has 0 aliphatic carbocycles. The van der Waals surface area contributed by atoms with Gasteiger partial charge in [0.2, 0.25) is 0 Å². The molecule has 0 amide bonds. The van der Waals surface area contributed by atoms with Gasteiger partial charge in [0.1, 0.15) is 5.82 Å². The van der Waals surface area contributed by atoms with E-state index in [2.05, 4.69) is 12.2 Å². The summed E-state index contributed by atoms with van der Waals surface area (Å²) in [5.74, 6) is -0.334. The highest BCUT2D eigenvalue weighted by Gasteiger charge is 2.28. The molecule has 1 heterocycles. The average Bonchev–Trinajstić information content (AvgIpc) is 2.78. The highest BCUT2D eigenvalue weighted by atomic mass is 19.1. The van der Waals surface area contributed by atoms with Crippen molar-refractivity contribution in [3.63, 3.8) is 0 Å². The third-order valence-corrected chi connectivity index (χ3v) is 3.30. The van der Waals surface area contributed by atoms with Crippen molar-refractivity contribution in [2.24, 2.45) is 0 Å². The van der Waals surface area contributed by atoms with Gasteiger partial charge in [-0.1, -0.05) is 6.07 Å². The number of ether oxygens (including phenoxy) is 1. The maximum Gasteiger partial charge on any atom is 0.129 e. The Bertz CT molecular complexity index is 461. The minimum Gasteiger partial charge on any atom is -0.374 e. The molecule has 1 aromatic carbocycles. The van der Waals surface area contributed by atoms with Crippen LogP contribution in [0.1, 0.15) is 30.9 Å². The lowest BCUT2D eigenvalue weighted by Crippen LogP contribution is -2.36. The van der Waals surface area contributed by atoms with Crippen LogP contribution >= 0.6 is 0 Å². The van der Waals surface area contributed by atoms with Crippen molar-refractivity contribution in [2.45, 2.75) is 31.9 Å². The number of hydrogen-bond acceptors (Lipinski definition) is 3. The Morgan fingerprint density at radius 2 is 2.39 bits per heavy atom. The van der Waals surface area contributed by atoms with Gasteiger partial charge < -0.3 is 10.1 Å². The van der Waals surface area contributed by atoms with Gasteiger partial charge in [0.05, 0.1) is 17.2 Å². The Labute approximate surface area is 107 Å². The molecular weight excluding hydrogens is 231 g/mol. The predicted molar refractivity (Wildman–Crippen MR) is 66.4 cm³/mol. The Morgan fingerprint density at radius 3 is 3.00 bits per heavy atom. The fourth-order valence-corrected chi connectivity index (χ4v) is 2.20. The normalized spacial score (nSPS) is 22.9. The molecule has 0 spiro atoms. The lowest BCUT2D eigenvalue weighted by atomic mass is 10.0. The molecule has 1 saturated heterocycles. The Morgan fingerprint density at radius 1 is 1.56 bits per heavy atom. The first-order valence-electron chi connectivity index (χ1n) is 6.16. The highest BCUT2D eigenvalue weighted by molar-refractivity contribution is 5.32. The number of benzene rings is 1. The van der Waals surface area contributed by atoms with E-state index >= 15 is 0 Å². The molecule has 0 bridgehead atoms. The number of nitriles is 1. The quantitative estimate of drug-likeness (QED) is 0.889. The molecule has 1 unspecified atom stereocenters. The van der Waals surface area contributed by atoms with E-state index in [4.69, 9.17) is 10.00 Å². The second kappa shape index (κ2) is 5.47. The summed E-state index contributed by atoms with van der Waals surface area (Å²) < 4.78 is 19.3. The SMILES string of the molecule is CC1(CNCc2ccc(C#N)cc2F)CCCO1. The zero-order valence-corrected chi connectivity index (χ0v) is 10.5. The lowest BCUT2D eigenvalue weighted by Gasteiger charge is -2.23. The van der Waals surface area contributed by atoms with Crippen molar-refractivity contribution >= 4 is 0 Å². The van der Waals surface area contributed by atoms with Crippen LogP contribution in [-0.4, -0.2) is 18.8 Å². The fraction of sp³-hybridized carbons (Fsp3) is 0.500. The Kier molecular flexibility index (Phi) is 3.95. The molecular formula is C14H17FN2O. The van der Waals surface area contributed by atoms with Gasteiger partial charge in [0, 0.05) is 25.3 Å². The van der Waals surface area contributed by atoms with Gasteiger partial charge in [-0.2, -0.15) is 5.26 Å². The number of nitrogens with one attached hydrogen (secondary N) is 1. The number of nitrogens with zero attached hydrogens (tertiary/aromatic N) is 1. The zero-order chi connectivity index (χ0) is 13.0. The van der Waals surface area contributed by atoms with Crippen molar-refractivity contribution in [2.75, 3.05) is 13.2 Å². The lowest BCUT2D eigenvalue weighted by molar-refractivity contribution is 0.0206. The molecule has 1 atom stereocenters. The van der Waals surface area contributed by atoms with Gasteiger partial charge in [-0.25, -0.2) is 4.39 Å². The Balaban J connectivity index is 1.89. The standard InChI is InChI=1S/C14H17FN2O/c1-14(5-2-6-18-14)10-17-9-12-4-3-11(8-16)7-13(12)15/h3-4,7,17H,2,5-6,9-10H2,1H3. The summed E-state index contributed by atoms with van der Waals surface area (Å²) in [5, 5.41) is 11.9. The first-order valence-corrected chi connectivity index (χ1v) is 6.16. The molecule has 1 fully saturated rings. The van der Waals surface area contributed by atoms with E-state index < -0.39 is 0 Å². The topological polar surface area (TPSA) is 45.0 Å². The number of rotatable bonds is 4. The van der Waals surface area contributed by atoms with Gasteiger partial charge in [-0.05, 0) is 31.9 Å². The van der Waals surface area contributed by atoms with E-state index in [9.17, 15) is 4.39 Å².